The number of likely N-dealkylation sites (N-methyl/N-ethyl adjacent to an activating group) is 1. The van der Waals surface area contributed by atoms with Gasteiger partial charge in [0.1, 0.15) is 11.3 Å². The van der Waals surface area contributed by atoms with Gasteiger partial charge in [-0.15, -0.1) is 23.4 Å². The first-order valence-electron chi connectivity index (χ1n) is 6.41. The van der Waals surface area contributed by atoms with Gasteiger partial charge in [0, 0.05) is 6.54 Å². The number of nitrogens with one attached hydrogen (secondary N) is 1. The summed E-state index contributed by atoms with van der Waals surface area (Å²) in [6.45, 7) is 0.510. The Bertz CT molecular complexity index is 632. The predicted octanol–water partition coefficient (Wildman–Crippen LogP) is 2.51. The minimum absolute atomic E-state index is 0.111. The van der Waals surface area contributed by atoms with Crippen molar-refractivity contribution >= 4 is 22.4 Å². The topological polar surface area (TPSA) is 67.4 Å². The monoisotopic (exact) mass is 346 g/mol. The van der Waals surface area contributed by atoms with Gasteiger partial charge in [-0.05, 0) is 24.7 Å². The molecule has 1 aromatic carbocycles. The molecule has 1 N–H and O–H groups in total. The summed E-state index contributed by atoms with van der Waals surface area (Å²) in [5, 5.41) is 10.3. The molecule has 1 amide bonds. The van der Waals surface area contributed by atoms with E-state index in [-0.39, 0.29) is 18.2 Å². The van der Waals surface area contributed by atoms with Crippen LogP contribution in [0.25, 0.3) is 0 Å². The highest BCUT2D eigenvalue weighted by atomic mass is 32.1. The summed E-state index contributed by atoms with van der Waals surface area (Å²) in [5.41, 5.74) is 2.26. The number of alkyl halides is 3. The first-order chi connectivity index (χ1) is 10.8. The quantitative estimate of drug-likeness (QED) is 0.870. The lowest BCUT2D eigenvalue weighted by Crippen LogP contribution is -2.29. The van der Waals surface area contributed by atoms with Crippen LogP contribution < -0.4 is 10.1 Å². The number of carbonyl (C=O) groups is 1. The molecule has 2 rings (SSSR count). The first kappa shape index (κ1) is 17.2. The number of benzene rings is 1. The number of carbonyl (C=O) groups excluding carboxylic acids is 1. The van der Waals surface area contributed by atoms with Crippen LogP contribution in [0.4, 0.5) is 18.3 Å². The molecule has 1 aromatic heterocycles. The van der Waals surface area contributed by atoms with Crippen LogP contribution in [-0.2, 0) is 11.3 Å². The highest BCUT2D eigenvalue weighted by molar-refractivity contribution is 7.13. The average Bonchev–Trinajstić information content (AvgIpc) is 2.91. The molecular weight excluding hydrogens is 333 g/mol. The van der Waals surface area contributed by atoms with E-state index in [1.165, 1.54) is 41.1 Å². The Kier molecular flexibility index (Phi) is 5.50. The smallest absolute Gasteiger partial charge is 0.406 e. The zero-order valence-corrected chi connectivity index (χ0v) is 12.8. The third-order valence-electron chi connectivity index (χ3n) is 2.63. The third-order valence-corrected chi connectivity index (χ3v) is 3.24. The largest absolute Gasteiger partial charge is 0.573 e. The van der Waals surface area contributed by atoms with E-state index in [1.807, 2.05) is 0 Å². The van der Waals surface area contributed by atoms with Crippen molar-refractivity contribution in [1.82, 2.24) is 15.1 Å². The molecule has 1 heterocycles. The molecule has 2 aromatic rings. The molecule has 0 aliphatic carbocycles. The number of hydrogen-bond acceptors (Lipinski definition) is 6. The van der Waals surface area contributed by atoms with Gasteiger partial charge in [-0.3, -0.25) is 15.0 Å². The Morgan fingerprint density at radius 3 is 2.61 bits per heavy atom. The Balaban J connectivity index is 1.82. The van der Waals surface area contributed by atoms with E-state index < -0.39 is 6.36 Å². The van der Waals surface area contributed by atoms with Crippen LogP contribution in [0.2, 0.25) is 0 Å². The number of anilines is 1. The number of hydrogen-bond donors (Lipinski definition) is 1. The summed E-state index contributed by atoms with van der Waals surface area (Å²) < 4.78 is 40.0. The standard InChI is InChI=1S/C13H13F3N4O2S/c1-20(7-11(21)18-12-19-17-8-23-12)6-9-2-4-10(5-3-9)22-13(14,15)16/h2-5,8H,6-7H2,1H3,(H,18,19,21). The van der Waals surface area contributed by atoms with E-state index in [0.29, 0.717) is 11.7 Å². The van der Waals surface area contributed by atoms with Crippen LogP contribution in [0.3, 0.4) is 0 Å². The molecule has 124 valence electrons. The van der Waals surface area contributed by atoms with Gasteiger partial charge in [-0.2, -0.15) is 0 Å². The van der Waals surface area contributed by atoms with Crippen LogP contribution in [0, 0.1) is 0 Å². The molecule has 0 fully saturated rings. The maximum atomic E-state index is 12.1. The summed E-state index contributed by atoms with van der Waals surface area (Å²) in [7, 11) is 1.72. The third kappa shape index (κ3) is 6.20. The SMILES string of the molecule is CN(CC(=O)Nc1nncs1)Cc1ccc(OC(F)(F)F)cc1. The molecule has 0 saturated carbocycles. The van der Waals surface area contributed by atoms with E-state index in [2.05, 4.69) is 20.3 Å². The molecule has 10 heteroatoms. The summed E-state index contributed by atoms with van der Waals surface area (Å²) in [5.74, 6) is -0.529. The van der Waals surface area contributed by atoms with Gasteiger partial charge in [0.15, 0.2) is 0 Å². The van der Waals surface area contributed by atoms with Crippen molar-refractivity contribution < 1.29 is 22.7 Å². The minimum Gasteiger partial charge on any atom is -0.406 e. The number of nitrogens with zero attached hydrogens (tertiary/aromatic N) is 3. The molecule has 0 spiro atoms. The summed E-state index contributed by atoms with van der Waals surface area (Å²) >= 11 is 1.21. The van der Waals surface area contributed by atoms with Crippen molar-refractivity contribution in [3.8, 4) is 5.75 Å². The number of rotatable bonds is 6. The molecule has 0 atom stereocenters. The van der Waals surface area contributed by atoms with E-state index >= 15 is 0 Å². The lowest BCUT2D eigenvalue weighted by Gasteiger charge is -2.16. The van der Waals surface area contributed by atoms with Crippen molar-refractivity contribution in [2.75, 3.05) is 18.9 Å². The fraction of sp³-hybridized carbons (Fsp3) is 0.308. The van der Waals surface area contributed by atoms with Crippen LogP contribution in [0.1, 0.15) is 5.56 Å². The summed E-state index contributed by atoms with van der Waals surface area (Å²) in [6.07, 6.45) is -4.71. The fourth-order valence-corrected chi connectivity index (χ4v) is 2.26. The van der Waals surface area contributed by atoms with Crippen LogP contribution >= 0.6 is 11.3 Å². The fourth-order valence-electron chi connectivity index (χ4n) is 1.80. The van der Waals surface area contributed by atoms with E-state index in [0.717, 1.165) is 5.56 Å². The highest BCUT2D eigenvalue weighted by Gasteiger charge is 2.30. The number of amides is 1. The second kappa shape index (κ2) is 7.38. The molecule has 0 aliphatic heterocycles. The van der Waals surface area contributed by atoms with Gasteiger partial charge in [0.2, 0.25) is 11.0 Å². The van der Waals surface area contributed by atoms with Crippen molar-refractivity contribution in [3.63, 3.8) is 0 Å². The second-order valence-corrected chi connectivity index (χ2v) is 5.49. The first-order valence-corrected chi connectivity index (χ1v) is 7.29. The maximum Gasteiger partial charge on any atom is 0.573 e. The second-order valence-electron chi connectivity index (χ2n) is 4.66. The number of aromatic nitrogens is 2. The summed E-state index contributed by atoms with van der Waals surface area (Å²) in [4.78, 5) is 13.5. The Morgan fingerprint density at radius 1 is 1.35 bits per heavy atom. The van der Waals surface area contributed by atoms with Gasteiger partial charge in [0.25, 0.3) is 0 Å². The van der Waals surface area contributed by atoms with Gasteiger partial charge in [-0.1, -0.05) is 23.5 Å². The van der Waals surface area contributed by atoms with Gasteiger partial charge in [-0.25, -0.2) is 0 Å². The van der Waals surface area contributed by atoms with E-state index in [1.54, 1.807) is 11.9 Å². The highest BCUT2D eigenvalue weighted by Crippen LogP contribution is 2.23. The van der Waals surface area contributed by atoms with E-state index in [9.17, 15) is 18.0 Å². The maximum absolute atomic E-state index is 12.1. The zero-order chi connectivity index (χ0) is 16.9. The average molecular weight is 346 g/mol. The molecule has 0 radical (unpaired) electrons. The van der Waals surface area contributed by atoms with Crippen LogP contribution in [0.5, 0.6) is 5.75 Å². The normalized spacial score (nSPS) is 11.5. The molecule has 0 unspecified atom stereocenters. The lowest BCUT2D eigenvalue weighted by atomic mass is 10.2. The Hall–Kier alpha value is -2.20. The van der Waals surface area contributed by atoms with E-state index in [4.69, 9.17) is 0 Å². The zero-order valence-electron chi connectivity index (χ0n) is 12.0. The molecular formula is C13H13F3N4O2S. The van der Waals surface area contributed by atoms with Crippen LogP contribution in [-0.4, -0.2) is 41.0 Å². The Morgan fingerprint density at radius 2 is 2.04 bits per heavy atom. The minimum atomic E-state index is -4.71. The van der Waals surface area contributed by atoms with Gasteiger partial charge in [0.05, 0.1) is 6.54 Å². The predicted molar refractivity (Wildman–Crippen MR) is 78.0 cm³/mol. The van der Waals surface area contributed by atoms with Gasteiger partial charge >= 0.3 is 6.36 Å². The molecule has 6 nitrogen and oxygen atoms in total. The number of ether oxygens (including phenoxy) is 1. The number of halogens is 3. The Labute approximate surface area is 133 Å². The van der Waals surface area contributed by atoms with Crippen LogP contribution in [0.15, 0.2) is 29.8 Å². The van der Waals surface area contributed by atoms with Crippen molar-refractivity contribution in [2.45, 2.75) is 12.9 Å². The molecule has 23 heavy (non-hydrogen) atoms. The van der Waals surface area contributed by atoms with Crippen molar-refractivity contribution in [2.24, 2.45) is 0 Å². The van der Waals surface area contributed by atoms with Gasteiger partial charge < -0.3 is 4.74 Å². The lowest BCUT2D eigenvalue weighted by molar-refractivity contribution is -0.274. The molecule has 0 saturated heterocycles. The molecule has 0 aliphatic rings. The van der Waals surface area contributed by atoms with Crippen molar-refractivity contribution in [3.05, 3.63) is 35.3 Å². The molecule has 0 bridgehead atoms. The van der Waals surface area contributed by atoms with Crippen molar-refractivity contribution in [1.29, 1.82) is 0 Å². The summed E-state index contributed by atoms with van der Waals surface area (Å²) in [6, 6.07) is 5.50.